The summed E-state index contributed by atoms with van der Waals surface area (Å²) in [4.78, 5) is 27.6. The highest BCUT2D eigenvalue weighted by Gasteiger charge is 2.19. The van der Waals surface area contributed by atoms with Gasteiger partial charge in [0.05, 0.1) is 4.92 Å². The van der Waals surface area contributed by atoms with Crippen LogP contribution in [0.3, 0.4) is 0 Å². The van der Waals surface area contributed by atoms with Gasteiger partial charge in [0.1, 0.15) is 5.56 Å². The highest BCUT2D eigenvalue weighted by atomic mass is 16.6. The molecule has 0 aromatic heterocycles. The number of nitro benzene ring substituents is 1. The molecule has 1 amide bonds. The van der Waals surface area contributed by atoms with Crippen LogP contribution in [0.2, 0.25) is 0 Å². The van der Waals surface area contributed by atoms with Crippen molar-refractivity contribution in [3.8, 4) is 0 Å². The molecule has 1 heterocycles. The van der Waals surface area contributed by atoms with E-state index in [4.69, 9.17) is 0 Å². The number of amides is 1. The van der Waals surface area contributed by atoms with E-state index in [2.05, 4.69) is 22.2 Å². The molecule has 0 bridgehead atoms. The maximum atomic E-state index is 12.3. The molecule has 26 heavy (non-hydrogen) atoms. The molecule has 7 nitrogen and oxygen atoms in total. The second-order valence-electron chi connectivity index (χ2n) is 6.50. The second kappa shape index (κ2) is 8.07. The van der Waals surface area contributed by atoms with Gasteiger partial charge in [-0.15, -0.1) is 0 Å². The first kappa shape index (κ1) is 18.0. The molecule has 0 spiro atoms. The minimum atomic E-state index is -0.548. The van der Waals surface area contributed by atoms with Crippen LogP contribution in [0.15, 0.2) is 48.5 Å². The zero-order valence-electron chi connectivity index (χ0n) is 14.7. The van der Waals surface area contributed by atoms with Gasteiger partial charge in [0.15, 0.2) is 0 Å². The van der Waals surface area contributed by atoms with Gasteiger partial charge in [0, 0.05) is 44.5 Å². The van der Waals surface area contributed by atoms with Crippen LogP contribution >= 0.6 is 0 Å². The summed E-state index contributed by atoms with van der Waals surface area (Å²) >= 11 is 0. The molecule has 0 saturated carbocycles. The third kappa shape index (κ3) is 4.44. The van der Waals surface area contributed by atoms with Gasteiger partial charge < -0.3 is 10.2 Å². The highest BCUT2D eigenvalue weighted by Crippen LogP contribution is 2.20. The summed E-state index contributed by atoms with van der Waals surface area (Å²) in [5.41, 5.74) is 1.66. The molecule has 1 fully saturated rings. The molecule has 0 radical (unpaired) electrons. The second-order valence-corrected chi connectivity index (χ2v) is 6.50. The zero-order chi connectivity index (χ0) is 18.5. The first-order chi connectivity index (χ1) is 12.5. The molecule has 3 rings (SSSR count). The first-order valence-corrected chi connectivity index (χ1v) is 8.57. The number of hydrogen-bond acceptors (Lipinski definition) is 5. The van der Waals surface area contributed by atoms with Crippen LogP contribution in [0, 0.1) is 10.1 Å². The smallest absolute Gasteiger partial charge is 0.282 e. The van der Waals surface area contributed by atoms with E-state index in [-0.39, 0.29) is 11.3 Å². The molecule has 0 unspecified atom stereocenters. The highest BCUT2D eigenvalue weighted by molar-refractivity contribution is 6.07. The van der Waals surface area contributed by atoms with Gasteiger partial charge >= 0.3 is 0 Å². The Kier molecular flexibility index (Phi) is 5.60. The van der Waals surface area contributed by atoms with Crippen LogP contribution in [-0.2, 0) is 6.54 Å². The summed E-state index contributed by atoms with van der Waals surface area (Å²) in [5.74, 6) is -0.482. The minimum absolute atomic E-state index is 0.0546. The normalized spacial score (nSPS) is 15.6. The number of anilines is 1. The fourth-order valence-corrected chi connectivity index (χ4v) is 2.98. The number of benzene rings is 2. The number of carbonyl (C=O) groups is 1. The monoisotopic (exact) mass is 354 g/mol. The number of para-hydroxylation sites is 1. The maximum Gasteiger partial charge on any atom is 0.282 e. The Balaban J connectivity index is 1.62. The molecule has 2 aromatic carbocycles. The minimum Gasteiger partial charge on any atom is -0.322 e. The van der Waals surface area contributed by atoms with Gasteiger partial charge in [-0.2, -0.15) is 0 Å². The summed E-state index contributed by atoms with van der Waals surface area (Å²) in [6.07, 6.45) is 0. The van der Waals surface area contributed by atoms with Crippen LogP contribution in [0.25, 0.3) is 0 Å². The number of nitrogens with one attached hydrogen (secondary N) is 1. The van der Waals surface area contributed by atoms with Crippen LogP contribution in [0.4, 0.5) is 11.4 Å². The number of nitro groups is 1. The van der Waals surface area contributed by atoms with Crippen molar-refractivity contribution in [2.45, 2.75) is 6.54 Å². The number of nitrogens with zero attached hydrogens (tertiary/aromatic N) is 3. The third-order valence-electron chi connectivity index (χ3n) is 4.56. The largest absolute Gasteiger partial charge is 0.322 e. The Morgan fingerprint density at radius 1 is 1.08 bits per heavy atom. The maximum absolute atomic E-state index is 12.3. The lowest BCUT2D eigenvalue weighted by Crippen LogP contribution is -2.43. The zero-order valence-corrected chi connectivity index (χ0v) is 14.7. The third-order valence-corrected chi connectivity index (χ3v) is 4.56. The molecule has 1 saturated heterocycles. The number of likely N-dealkylation sites (N-methyl/N-ethyl adjacent to an activating group) is 1. The lowest BCUT2D eigenvalue weighted by atomic mass is 10.1. The van der Waals surface area contributed by atoms with E-state index in [0.717, 1.165) is 32.7 Å². The van der Waals surface area contributed by atoms with Crippen LogP contribution in [0.1, 0.15) is 15.9 Å². The first-order valence-electron chi connectivity index (χ1n) is 8.57. The molecule has 0 aliphatic carbocycles. The van der Waals surface area contributed by atoms with Crippen LogP contribution in [0.5, 0.6) is 0 Å². The Bertz CT molecular complexity index is 784. The van der Waals surface area contributed by atoms with Crippen molar-refractivity contribution >= 4 is 17.3 Å². The van der Waals surface area contributed by atoms with Crippen molar-refractivity contribution in [3.63, 3.8) is 0 Å². The predicted molar refractivity (Wildman–Crippen MR) is 100 cm³/mol. The van der Waals surface area contributed by atoms with Crippen LogP contribution < -0.4 is 5.32 Å². The lowest BCUT2D eigenvalue weighted by molar-refractivity contribution is -0.385. The summed E-state index contributed by atoms with van der Waals surface area (Å²) < 4.78 is 0. The molecule has 136 valence electrons. The summed E-state index contributed by atoms with van der Waals surface area (Å²) in [6, 6.07) is 13.6. The van der Waals surface area contributed by atoms with Gasteiger partial charge in [0.2, 0.25) is 0 Å². The molecular weight excluding hydrogens is 332 g/mol. The molecule has 1 aliphatic rings. The van der Waals surface area contributed by atoms with E-state index in [1.165, 1.54) is 17.7 Å². The fraction of sp³-hybridized carbons (Fsp3) is 0.316. The number of piperazine rings is 1. The SMILES string of the molecule is CN1CCN(Cc2ccc(NC(=O)c3ccccc3[N+](=O)[O-])cc2)CC1. The van der Waals surface area contributed by atoms with Crippen LogP contribution in [-0.4, -0.2) is 53.9 Å². The number of rotatable bonds is 5. The topological polar surface area (TPSA) is 78.7 Å². The van der Waals surface area contributed by atoms with E-state index in [1.54, 1.807) is 12.1 Å². The average Bonchev–Trinajstić information content (AvgIpc) is 2.65. The number of hydrogen-bond donors (Lipinski definition) is 1. The van der Waals surface area contributed by atoms with Gasteiger partial charge in [-0.1, -0.05) is 24.3 Å². The standard InChI is InChI=1S/C19H22N4O3/c1-21-10-12-22(13-11-21)14-15-6-8-16(9-7-15)20-19(24)17-4-2-3-5-18(17)23(25)26/h2-9H,10-14H2,1H3,(H,20,24). The van der Waals surface area contributed by atoms with E-state index in [9.17, 15) is 14.9 Å². The fourth-order valence-electron chi connectivity index (χ4n) is 2.98. The Morgan fingerprint density at radius 2 is 1.73 bits per heavy atom. The number of carbonyl (C=O) groups excluding carboxylic acids is 1. The van der Waals surface area contributed by atoms with E-state index < -0.39 is 10.8 Å². The quantitative estimate of drug-likeness (QED) is 0.659. The Labute approximate surface area is 152 Å². The molecule has 2 aromatic rings. The van der Waals surface area contributed by atoms with Gasteiger partial charge in [0.25, 0.3) is 11.6 Å². The summed E-state index contributed by atoms with van der Waals surface area (Å²) in [6.45, 7) is 5.12. The van der Waals surface area contributed by atoms with E-state index in [1.807, 2.05) is 24.3 Å². The van der Waals surface area contributed by atoms with Crippen molar-refractivity contribution in [2.75, 3.05) is 38.5 Å². The van der Waals surface area contributed by atoms with Gasteiger partial charge in [-0.05, 0) is 30.8 Å². The molecular formula is C19H22N4O3. The van der Waals surface area contributed by atoms with Crippen molar-refractivity contribution in [3.05, 3.63) is 69.8 Å². The molecule has 0 atom stereocenters. The van der Waals surface area contributed by atoms with Crippen molar-refractivity contribution in [1.82, 2.24) is 9.80 Å². The van der Waals surface area contributed by atoms with Gasteiger partial charge in [-0.25, -0.2) is 0 Å². The Hall–Kier alpha value is -2.77. The average molecular weight is 354 g/mol. The van der Waals surface area contributed by atoms with Crippen molar-refractivity contribution in [2.24, 2.45) is 0 Å². The summed E-state index contributed by atoms with van der Waals surface area (Å²) in [7, 11) is 2.13. The molecule has 1 aliphatic heterocycles. The predicted octanol–water partition coefficient (Wildman–Crippen LogP) is 2.59. The molecule has 7 heteroatoms. The van der Waals surface area contributed by atoms with E-state index in [0.29, 0.717) is 5.69 Å². The molecule has 1 N–H and O–H groups in total. The lowest BCUT2D eigenvalue weighted by Gasteiger charge is -2.32. The Morgan fingerprint density at radius 3 is 2.38 bits per heavy atom. The van der Waals surface area contributed by atoms with E-state index >= 15 is 0 Å². The van der Waals surface area contributed by atoms with Gasteiger partial charge in [-0.3, -0.25) is 19.8 Å². The van der Waals surface area contributed by atoms with Crippen molar-refractivity contribution in [1.29, 1.82) is 0 Å². The summed E-state index contributed by atoms with van der Waals surface area (Å²) in [5, 5.41) is 13.8. The van der Waals surface area contributed by atoms with Crippen molar-refractivity contribution < 1.29 is 9.72 Å².